The number of benzene rings is 1. The first-order valence-corrected chi connectivity index (χ1v) is 7.47. The fourth-order valence-corrected chi connectivity index (χ4v) is 2.61. The second-order valence-electron chi connectivity index (χ2n) is 4.91. The van der Waals surface area contributed by atoms with Crippen LogP contribution >= 0.6 is 23.2 Å². The number of hydrogen-bond acceptors (Lipinski definition) is 1. The standard InChI is InChI=1S/C15H23Cl2N/c1-4-15(5-2,11-18-6-3)10-12-7-8-13(16)14(17)9-12/h7-9,18H,4-6,10-11H2,1-3H3. The molecule has 1 aromatic rings. The summed E-state index contributed by atoms with van der Waals surface area (Å²) in [5.74, 6) is 0. The van der Waals surface area contributed by atoms with E-state index >= 15 is 0 Å². The molecule has 1 N–H and O–H groups in total. The third-order valence-corrected chi connectivity index (χ3v) is 4.55. The van der Waals surface area contributed by atoms with Crippen LogP contribution < -0.4 is 5.32 Å². The van der Waals surface area contributed by atoms with Crippen molar-refractivity contribution < 1.29 is 0 Å². The molecule has 0 bridgehead atoms. The van der Waals surface area contributed by atoms with Gasteiger partial charge in [-0.3, -0.25) is 0 Å². The molecule has 0 spiro atoms. The van der Waals surface area contributed by atoms with Gasteiger partial charge in [0.1, 0.15) is 0 Å². The van der Waals surface area contributed by atoms with Crippen LogP contribution in [0.5, 0.6) is 0 Å². The molecular formula is C15H23Cl2N. The van der Waals surface area contributed by atoms with E-state index in [0.717, 1.165) is 32.4 Å². The van der Waals surface area contributed by atoms with Crippen LogP contribution in [0.3, 0.4) is 0 Å². The maximum absolute atomic E-state index is 6.09. The average Bonchev–Trinajstić information content (AvgIpc) is 2.39. The van der Waals surface area contributed by atoms with Gasteiger partial charge < -0.3 is 5.32 Å². The van der Waals surface area contributed by atoms with E-state index in [-0.39, 0.29) is 0 Å². The molecule has 0 aliphatic heterocycles. The predicted octanol–water partition coefficient (Wildman–Crippen LogP) is 4.95. The Morgan fingerprint density at radius 1 is 1.06 bits per heavy atom. The Bertz CT molecular complexity index is 373. The van der Waals surface area contributed by atoms with Crippen LogP contribution in [0, 0.1) is 5.41 Å². The lowest BCUT2D eigenvalue weighted by Crippen LogP contribution is -2.35. The molecule has 0 heterocycles. The first-order chi connectivity index (χ1) is 8.56. The molecule has 3 heteroatoms. The van der Waals surface area contributed by atoms with Gasteiger partial charge in [0.15, 0.2) is 0 Å². The van der Waals surface area contributed by atoms with Crippen molar-refractivity contribution in [2.45, 2.75) is 40.0 Å². The summed E-state index contributed by atoms with van der Waals surface area (Å²) in [7, 11) is 0. The summed E-state index contributed by atoms with van der Waals surface area (Å²) < 4.78 is 0. The highest BCUT2D eigenvalue weighted by Crippen LogP contribution is 2.32. The lowest BCUT2D eigenvalue weighted by molar-refractivity contribution is 0.248. The van der Waals surface area contributed by atoms with Crippen LogP contribution in [0.2, 0.25) is 10.0 Å². The SMILES string of the molecule is CCNCC(CC)(CC)Cc1ccc(Cl)c(Cl)c1. The summed E-state index contributed by atoms with van der Waals surface area (Å²) in [6.07, 6.45) is 3.37. The van der Waals surface area contributed by atoms with Crippen molar-refractivity contribution in [3.05, 3.63) is 33.8 Å². The number of nitrogens with one attached hydrogen (secondary N) is 1. The molecule has 0 atom stereocenters. The zero-order chi connectivity index (χ0) is 13.6. The third-order valence-electron chi connectivity index (χ3n) is 3.81. The molecule has 1 rings (SSSR count). The van der Waals surface area contributed by atoms with Crippen molar-refractivity contribution in [3.8, 4) is 0 Å². The predicted molar refractivity (Wildman–Crippen MR) is 81.7 cm³/mol. The zero-order valence-corrected chi connectivity index (χ0v) is 13.0. The van der Waals surface area contributed by atoms with Gasteiger partial charge in [-0.1, -0.05) is 50.0 Å². The first kappa shape index (κ1) is 15.8. The van der Waals surface area contributed by atoms with Crippen molar-refractivity contribution in [2.75, 3.05) is 13.1 Å². The maximum Gasteiger partial charge on any atom is 0.0595 e. The van der Waals surface area contributed by atoms with Crippen molar-refractivity contribution in [1.29, 1.82) is 0 Å². The average molecular weight is 288 g/mol. The Balaban J connectivity index is 2.84. The quantitative estimate of drug-likeness (QED) is 0.748. The van der Waals surface area contributed by atoms with E-state index in [0.29, 0.717) is 15.5 Å². The molecule has 0 aliphatic rings. The number of rotatable bonds is 7. The molecule has 0 fully saturated rings. The molecule has 0 saturated heterocycles. The Kier molecular flexibility index (Phi) is 6.48. The minimum Gasteiger partial charge on any atom is -0.316 e. The summed E-state index contributed by atoms with van der Waals surface area (Å²) in [5, 5.41) is 4.76. The molecule has 102 valence electrons. The largest absolute Gasteiger partial charge is 0.316 e. The van der Waals surface area contributed by atoms with E-state index in [1.54, 1.807) is 0 Å². The van der Waals surface area contributed by atoms with Gasteiger partial charge in [-0.05, 0) is 48.9 Å². The maximum atomic E-state index is 6.09. The topological polar surface area (TPSA) is 12.0 Å². The Morgan fingerprint density at radius 3 is 2.22 bits per heavy atom. The minimum atomic E-state index is 0.313. The number of halogens is 2. The Hall–Kier alpha value is -0.240. The van der Waals surface area contributed by atoms with E-state index in [1.165, 1.54) is 5.56 Å². The molecule has 0 amide bonds. The lowest BCUT2D eigenvalue weighted by atomic mass is 9.77. The highest BCUT2D eigenvalue weighted by Gasteiger charge is 2.26. The van der Waals surface area contributed by atoms with Crippen LogP contribution in [-0.2, 0) is 6.42 Å². The molecule has 0 radical (unpaired) electrons. The second-order valence-corrected chi connectivity index (χ2v) is 5.73. The second kappa shape index (κ2) is 7.37. The van der Waals surface area contributed by atoms with Crippen LogP contribution in [0.1, 0.15) is 39.2 Å². The molecule has 0 aliphatic carbocycles. The van der Waals surface area contributed by atoms with Crippen molar-refractivity contribution >= 4 is 23.2 Å². The van der Waals surface area contributed by atoms with Crippen molar-refractivity contribution in [2.24, 2.45) is 5.41 Å². The smallest absolute Gasteiger partial charge is 0.0595 e. The van der Waals surface area contributed by atoms with E-state index in [1.807, 2.05) is 12.1 Å². The zero-order valence-electron chi connectivity index (χ0n) is 11.5. The Morgan fingerprint density at radius 2 is 1.72 bits per heavy atom. The highest BCUT2D eigenvalue weighted by molar-refractivity contribution is 6.42. The van der Waals surface area contributed by atoms with E-state index in [4.69, 9.17) is 23.2 Å². The van der Waals surface area contributed by atoms with Crippen LogP contribution in [0.4, 0.5) is 0 Å². The van der Waals surface area contributed by atoms with Crippen LogP contribution in [0.25, 0.3) is 0 Å². The normalized spacial score (nSPS) is 11.8. The molecule has 18 heavy (non-hydrogen) atoms. The molecule has 0 unspecified atom stereocenters. The van der Waals surface area contributed by atoms with Gasteiger partial charge >= 0.3 is 0 Å². The summed E-state index contributed by atoms with van der Waals surface area (Å²) >= 11 is 12.0. The molecule has 0 saturated carbocycles. The molecule has 0 aromatic heterocycles. The van der Waals surface area contributed by atoms with Crippen molar-refractivity contribution in [1.82, 2.24) is 5.32 Å². The van der Waals surface area contributed by atoms with Crippen LogP contribution in [-0.4, -0.2) is 13.1 Å². The van der Waals surface area contributed by atoms with E-state index < -0.39 is 0 Å². The van der Waals surface area contributed by atoms with Gasteiger partial charge in [0.2, 0.25) is 0 Å². The lowest BCUT2D eigenvalue weighted by Gasteiger charge is -2.32. The van der Waals surface area contributed by atoms with Gasteiger partial charge in [-0.15, -0.1) is 0 Å². The van der Waals surface area contributed by atoms with E-state index in [2.05, 4.69) is 32.2 Å². The molecule has 1 nitrogen and oxygen atoms in total. The summed E-state index contributed by atoms with van der Waals surface area (Å²) in [4.78, 5) is 0. The molecule has 1 aromatic carbocycles. The van der Waals surface area contributed by atoms with Gasteiger partial charge in [0.25, 0.3) is 0 Å². The molecular weight excluding hydrogens is 265 g/mol. The summed E-state index contributed by atoms with van der Waals surface area (Å²) in [6.45, 7) is 8.74. The van der Waals surface area contributed by atoms with Gasteiger partial charge in [0, 0.05) is 6.54 Å². The third kappa shape index (κ3) is 4.15. The number of hydrogen-bond donors (Lipinski definition) is 1. The van der Waals surface area contributed by atoms with Gasteiger partial charge in [-0.2, -0.15) is 0 Å². The minimum absolute atomic E-state index is 0.313. The summed E-state index contributed by atoms with van der Waals surface area (Å²) in [6, 6.07) is 5.97. The fraction of sp³-hybridized carbons (Fsp3) is 0.600. The van der Waals surface area contributed by atoms with Crippen LogP contribution in [0.15, 0.2) is 18.2 Å². The fourth-order valence-electron chi connectivity index (χ4n) is 2.29. The van der Waals surface area contributed by atoms with Gasteiger partial charge in [-0.25, -0.2) is 0 Å². The summed E-state index contributed by atoms with van der Waals surface area (Å²) in [5.41, 5.74) is 1.58. The van der Waals surface area contributed by atoms with Gasteiger partial charge in [0.05, 0.1) is 10.0 Å². The highest BCUT2D eigenvalue weighted by atomic mass is 35.5. The first-order valence-electron chi connectivity index (χ1n) is 6.71. The van der Waals surface area contributed by atoms with E-state index in [9.17, 15) is 0 Å². The van der Waals surface area contributed by atoms with Crippen molar-refractivity contribution in [3.63, 3.8) is 0 Å². The monoisotopic (exact) mass is 287 g/mol. The Labute approximate surface area is 121 Å².